The van der Waals surface area contributed by atoms with Gasteiger partial charge in [-0.05, 0) is 12.1 Å². The van der Waals surface area contributed by atoms with Gasteiger partial charge in [-0.25, -0.2) is 0 Å². The van der Waals surface area contributed by atoms with Crippen molar-refractivity contribution in [2.45, 2.75) is 6.04 Å². The van der Waals surface area contributed by atoms with Crippen LogP contribution in [0.25, 0.3) is 0 Å². The second-order valence-electron chi connectivity index (χ2n) is 2.51. The molecule has 0 aliphatic heterocycles. The molecule has 0 aliphatic carbocycles. The maximum absolute atomic E-state index is 9.37. The summed E-state index contributed by atoms with van der Waals surface area (Å²) in [5, 5.41) is 9.82. The van der Waals surface area contributed by atoms with Crippen LogP contribution in [0.2, 0.25) is 5.02 Å². The van der Waals surface area contributed by atoms with Crippen molar-refractivity contribution < 1.29 is 5.11 Å². The van der Waals surface area contributed by atoms with Gasteiger partial charge < -0.3 is 16.6 Å². The molecular weight excluding hydrogens is 176 g/mol. The largest absolute Gasteiger partial charge is 0.508 e. The summed E-state index contributed by atoms with van der Waals surface area (Å²) >= 11 is 5.81. The summed E-state index contributed by atoms with van der Waals surface area (Å²) in [6, 6.07) is 4.46. The van der Waals surface area contributed by atoms with E-state index in [9.17, 15) is 5.11 Å². The van der Waals surface area contributed by atoms with Crippen molar-refractivity contribution in [3.63, 3.8) is 0 Å². The lowest BCUT2D eigenvalue weighted by molar-refractivity contribution is 0.462. The molecule has 0 radical (unpaired) electrons. The van der Waals surface area contributed by atoms with Gasteiger partial charge in [-0.2, -0.15) is 0 Å². The minimum Gasteiger partial charge on any atom is -0.508 e. The molecule has 0 spiro atoms. The maximum Gasteiger partial charge on any atom is 0.121 e. The Morgan fingerprint density at radius 1 is 1.50 bits per heavy atom. The van der Waals surface area contributed by atoms with E-state index in [4.69, 9.17) is 23.1 Å². The lowest BCUT2D eigenvalue weighted by atomic mass is 10.1. The molecule has 4 heteroatoms. The molecule has 0 unspecified atom stereocenters. The molecule has 1 aromatic rings. The molecule has 3 nitrogen and oxygen atoms in total. The first kappa shape index (κ1) is 9.32. The zero-order valence-corrected chi connectivity index (χ0v) is 7.25. The summed E-state index contributed by atoms with van der Waals surface area (Å²) in [4.78, 5) is 0. The second kappa shape index (κ2) is 3.76. The van der Waals surface area contributed by atoms with E-state index in [1.165, 1.54) is 6.07 Å². The highest BCUT2D eigenvalue weighted by molar-refractivity contribution is 6.31. The van der Waals surface area contributed by atoms with Crippen LogP contribution in [0.4, 0.5) is 0 Å². The Bertz CT molecular complexity index is 258. The van der Waals surface area contributed by atoms with E-state index in [2.05, 4.69) is 0 Å². The van der Waals surface area contributed by atoms with E-state index < -0.39 is 6.04 Å². The van der Waals surface area contributed by atoms with Gasteiger partial charge in [0.05, 0.1) is 0 Å². The van der Waals surface area contributed by atoms with Gasteiger partial charge in [0.25, 0.3) is 0 Å². The third kappa shape index (κ3) is 1.69. The van der Waals surface area contributed by atoms with Crippen LogP contribution in [-0.4, -0.2) is 11.7 Å². The Hall–Kier alpha value is -0.770. The summed E-state index contributed by atoms with van der Waals surface area (Å²) in [6.45, 7) is 0.261. The Morgan fingerprint density at radius 3 is 2.67 bits per heavy atom. The van der Waals surface area contributed by atoms with Crippen molar-refractivity contribution in [3.05, 3.63) is 28.8 Å². The van der Waals surface area contributed by atoms with Crippen molar-refractivity contribution >= 4 is 11.6 Å². The monoisotopic (exact) mass is 186 g/mol. The number of phenols is 1. The first-order valence-electron chi connectivity index (χ1n) is 3.60. The lowest BCUT2D eigenvalue weighted by Crippen LogP contribution is -2.21. The number of phenolic OH excluding ortho intramolecular Hbond substituents is 1. The van der Waals surface area contributed by atoms with E-state index >= 15 is 0 Å². The topological polar surface area (TPSA) is 72.3 Å². The van der Waals surface area contributed by atoms with Crippen LogP contribution in [0.1, 0.15) is 11.6 Å². The minimum absolute atomic E-state index is 0.0976. The Morgan fingerprint density at radius 2 is 2.17 bits per heavy atom. The summed E-state index contributed by atoms with van der Waals surface area (Å²) in [5.74, 6) is 0.0976. The summed E-state index contributed by atoms with van der Waals surface area (Å²) < 4.78 is 0. The van der Waals surface area contributed by atoms with E-state index in [0.717, 1.165) is 0 Å². The highest BCUT2D eigenvalue weighted by Gasteiger charge is 2.12. The molecule has 1 atom stereocenters. The average molecular weight is 187 g/mol. The van der Waals surface area contributed by atoms with E-state index in [1.807, 2.05) is 0 Å². The average Bonchev–Trinajstić information content (AvgIpc) is 2.03. The van der Waals surface area contributed by atoms with Crippen LogP contribution in [0.3, 0.4) is 0 Å². The number of halogens is 1. The number of hydrogen-bond donors (Lipinski definition) is 3. The zero-order valence-electron chi connectivity index (χ0n) is 6.50. The minimum atomic E-state index is -0.404. The highest BCUT2D eigenvalue weighted by atomic mass is 35.5. The molecule has 0 heterocycles. The first-order chi connectivity index (χ1) is 5.66. The van der Waals surface area contributed by atoms with Crippen molar-refractivity contribution in [2.75, 3.05) is 6.54 Å². The molecule has 0 bridgehead atoms. The zero-order chi connectivity index (χ0) is 9.14. The fourth-order valence-electron chi connectivity index (χ4n) is 1.01. The van der Waals surface area contributed by atoms with Gasteiger partial charge in [0.15, 0.2) is 0 Å². The molecule has 0 aromatic heterocycles. The van der Waals surface area contributed by atoms with Crippen molar-refractivity contribution in [1.82, 2.24) is 0 Å². The number of benzene rings is 1. The molecule has 12 heavy (non-hydrogen) atoms. The quantitative estimate of drug-likeness (QED) is 0.646. The smallest absolute Gasteiger partial charge is 0.121 e. The fraction of sp³-hybridized carbons (Fsp3) is 0.250. The van der Waals surface area contributed by atoms with Gasteiger partial charge in [-0.15, -0.1) is 0 Å². The number of nitrogens with two attached hydrogens (primary N) is 2. The predicted octanol–water partition coefficient (Wildman–Crippen LogP) is 1.00. The van der Waals surface area contributed by atoms with Crippen LogP contribution in [-0.2, 0) is 0 Å². The summed E-state index contributed by atoms with van der Waals surface area (Å²) in [7, 11) is 0. The van der Waals surface area contributed by atoms with Gasteiger partial charge in [0.1, 0.15) is 5.75 Å². The standard InChI is InChI=1S/C8H11ClN2O/c9-5-2-1-3-7(12)8(5)6(11)4-10/h1-3,6,12H,4,10-11H2/t6-/m0/s1. The van der Waals surface area contributed by atoms with Gasteiger partial charge >= 0.3 is 0 Å². The fourth-order valence-corrected chi connectivity index (χ4v) is 1.32. The molecule has 1 rings (SSSR count). The highest BCUT2D eigenvalue weighted by Crippen LogP contribution is 2.29. The van der Waals surface area contributed by atoms with Crippen LogP contribution in [0.15, 0.2) is 18.2 Å². The first-order valence-corrected chi connectivity index (χ1v) is 3.97. The van der Waals surface area contributed by atoms with Crippen LogP contribution in [0, 0.1) is 0 Å². The Labute approximate surface area is 75.9 Å². The molecular formula is C8H11ClN2O. The van der Waals surface area contributed by atoms with Crippen LogP contribution in [0.5, 0.6) is 5.75 Å². The predicted molar refractivity (Wildman–Crippen MR) is 49.1 cm³/mol. The molecule has 1 aromatic carbocycles. The van der Waals surface area contributed by atoms with Crippen molar-refractivity contribution in [3.8, 4) is 5.75 Å². The van der Waals surface area contributed by atoms with Crippen LogP contribution < -0.4 is 11.5 Å². The number of rotatable bonds is 2. The van der Waals surface area contributed by atoms with E-state index in [-0.39, 0.29) is 12.3 Å². The van der Waals surface area contributed by atoms with E-state index in [1.54, 1.807) is 12.1 Å². The van der Waals surface area contributed by atoms with Crippen molar-refractivity contribution in [2.24, 2.45) is 11.5 Å². The lowest BCUT2D eigenvalue weighted by Gasteiger charge is -2.12. The molecule has 0 aliphatic rings. The molecule has 0 saturated carbocycles. The van der Waals surface area contributed by atoms with Gasteiger partial charge in [0.2, 0.25) is 0 Å². The van der Waals surface area contributed by atoms with Crippen molar-refractivity contribution in [1.29, 1.82) is 0 Å². The van der Waals surface area contributed by atoms with Crippen LogP contribution >= 0.6 is 11.6 Å². The molecule has 66 valence electrons. The SMILES string of the molecule is NC[C@H](N)c1c(O)cccc1Cl. The van der Waals surface area contributed by atoms with Gasteiger partial charge in [0, 0.05) is 23.2 Å². The summed E-state index contributed by atoms with van der Waals surface area (Å²) in [5.41, 5.74) is 11.5. The molecule has 0 saturated heterocycles. The second-order valence-corrected chi connectivity index (χ2v) is 2.92. The molecule has 0 fully saturated rings. The van der Waals surface area contributed by atoms with E-state index in [0.29, 0.717) is 10.6 Å². The molecule has 5 N–H and O–H groups in total. The van der Waals surface area contributed by atoms with Gasteiger partial charge in [-0.1, -0.05) is 17.7 Å². The third-order valence-corrected chi connectivity index (χ3v) is 1.98. The Kier molecular flexibility index (Phi) is 2.92. The number of aromatic hydroxyl groups is 1. The molecule has 0 amide bonds. The maximum atomic E-state index is 9.37. The third-order valence-electron chi connectivity index (χ3n) is 1.65. The van der Waals surface area contributed by atoms with Gasteiger partial charge in [-0.3, -0.25) is 0 Å². The normalized spacial score (nSPS) is 12.9. The number of hydrogen-bond acceptors (Lipinski definition) is 3. The Balaban J connectivity index is 3.12. The summed E-state index contributed by atoms with van der Waals surface area (Å²) in [6.07, 6.45) is 0.